The molecule has 0 amide bonds. The summed E-state index contributed by atoms with van der Waals surface area (Å²) in [5.41, 5.74) is 0.607. The van der Waals surface area contributed by atoms with Gasteiger partial charge >= 0.3 is 0 Å². The number of hydrogen-bond acceptors (Lipinski definition) is 6. The van der Waals surface area contributed by atoms with Crippen LogP contribution in [0.1, 0.15) is 22.6 Å². The molecule has 1 aliphatic heterocycles. The molecule has 1 aliphatic rings. The fraction of sp³-hybridized carbons (Fsp3) is 0.438. The van der Waals surface area contributed by atoms with Crippen LogP contribution in [-0.4, -0.2) is 46.2 Å². The van der Waals surface area contributed by atoms with Crippen LogP contribution in [0.3, 0.4) is 0 Å². The summed E-state index contributed by atoms with van der Waals surface area (Å²) in [6.07, 6.45) is 1.27. The summed E-state index contributed by atoms with van der Waals surface area (Å²) in [6.45, 7) is 0. The van der Waals surface area contributed by atoms with Crippen LogP contribution in [0.4, 0.5) is 0 Å². The lowest BCUT2D eigenvalue weighted by Crippen LogP contribution is -2.11. The Balaban J connectivity index is 1.59. The SMILES string of the molecule is Cn1c(C[C@H]2CCS(=O)(=O)C2)nnc1SCC(=O)c1ccc(Cl)cc1. The third kappa shape index (κ3) is 4.62. The summed E-state index contributed by atoms with van der Waals surface area (Å²) in [6, 6.07) is 6.78. The molecule has 0 unspecified atom stereocenters. The van der Waals surface area contributed by atoms with E-state index < -0.39 is 9.84 Å². The molecule has 0 spiro atoms. The van der Waals surface area contributed by atoms with E-state index in [1.165, 1.54) is 11.8 Å². The second-order valence-electron chi connectivity index (χ2n) is 6.15. The Hall–Kier alpha value is -1.38. The van der Waals surface area contributed by atoms with Gasteiger partial charge in [0.1, 0.15) is 5.82 Å². The first-order chi connectivity index (χ1) is 11.8. The molecule has 2 heterocycles. The largest absolute Gasteiger partial charge is 0.309 e. The molecule has 9 heteroatoms. The van der Waals surface area contributed by atoms with Crippen molar-refractivity contribution < 1.29 is 13.2 Å². The summed E-state index contributed by atoms with van der Waals surface area (Å²) < 4.78 is 25.0. The molecule has 25 heavy (non-hydrogen) atoms. The maximum absolute atomic E-state index is 12.2. The van der Waals surface area contributed by atoms with Gasteiger partial charge in [0, 0.05) is 24.1 Å². The first-order valence-corrected chi connectivity index (χ1v) is 11.0. The Bertz CT molecular complexity index is 879. The van der Waals surface area contributed by atoms with Crippen LogP contribution in [0.5, 0.6) is 0 Å². The molecule has 2 aromatic rings. The predicted molar refractivity (Wildman–Crippen MR) is 98.0 cm³/mol. The first-order valence-electron chi connectivity index (χ1n) is 7.84. The fourth-order valence-corrected chi connectivity index (χ4v) is 5.60. The highest BCUT2D eigenvalue weighted by molar-refractivity contribution is 7.99. The molecule has 0 N–H and O–H groups in total. The van der Waals surface area contributed by atoms with Crippen molar-refractivity contribution in [2.45, 2.75) is 18.0 Å². The topological polar surface area (TPSA) is 81.9 Å². The van der Waals surface area contributed by atoms with Crippen LogP contribution >= 0.6 is 23.4 Å². The van der Waals surface area contributed by atoms with Gasteiger partial charge < -0.3 is 4.57 Å². The molecule has 3 rings (SSSR count). The summed E-state index contributed by atoms with van der Waals surface area (Å²) >= 11 is 7.15. The molecule has 0 bridgehead atoms. The quantitative estimate of drug-likeness (QED) is 0.548. The normalized spacial score (nSPS) is 19.2. The molecule has 0 saturated carbocycles. The second kappa shape index (κ2) is 7.47. The molecule has 1 fully saturated rings. The number of aromatic nitrogens is 3. The number of hydrogen-bond donors (Lipinski definition) is 0. The highest BCUT2D eigenvalue weighted by atomic mass is 35.5. The fourth-order valence-electron chi connectivity index (χ4n) is 2.79. The molecule has 1 atom stereocenters. The summed E-state index contributed by atoms with van der Waals surface area (Å²) in [7, 11) is -1.05. The van der Waals surface area contributed by atoms with Crippen LogP contribution in [0.25, 0.3) is 0 Å². The third-order valence-electron chi connectivity index (χ3n) is 4.22. The lowest BCUT2D eigenvalue weighted by molar-refractivity contribution is 0.102. The van der Waals surface area contributed by atoms with E-state index in [1.54, 1.807) is 24.3 Å². The van der Waals surface area contributed by atoms with E-state index in [-0.39, 0.29) is 29.0 Å². The van der Waals surface area contributed by atoms with Crippen molar-refractivity contribution in [1.82, 2.24) is 14.8 Å². The minimum Gasteiger partial charge on any atom is -0.309 e. The highest BCUT2D eigenvalue weighted by Crippen LogP contribution is 2.24. The lowest BCUT2D eigenvalue weighted by atomic mass is 10.1. The number of carbonyl (C=O) groups excluding carboxylic acids is 1. The van der Waals surface area contributed by atoms with Gasteiger partial charge in [-0.25, -0.2) is 8.42 Å². The monoisotopic (exact) mass is 399 g/mol. The van der Waals surface area contributed by atoms with Crippen LogP contribution in [0.2, 0.25) is 5.02 Å². The van der Waals surface area contributed by atoms with E-state index in [2.05, 4.69) is 10.2 Å². The van der Waals surface area contributed by atoms with Gasteiger partial charge in [-0.15, -0.1) is 10.2 Å². The molecule has 134 valence electrons. The highest BCUT2D eigenvalue weighted by Gasteiger charge is 2.29. The predicted octanol–water partition coefficient (Wildman–Crippen LogP) is 2.42. The van der Waals surface area contributed by atoms with Crippen molar-refractivity contribution in [2.24, 2.45) is 13.0 Å². The average molecular weight is 400 g/mol. The molecule has 1 aromatic carbocycles. The number of Topliss-reactive ketones (excluding diaryl/α,β-unsaturated/α-hetero) is 1. The molecule has 1 saturated heterocycles. The third-order valence-corrected chi connectivity index (χ3v) is 7.33. The van der Waals surface area contributed by atoms with E-state index in [1.807, 2.05) is 11.6 Å². The van der Waals surface area contributed by atoms with Gasteiger partial charge in [-0.2, -0.15) is 0 Å². The van der Waals surface area contributed by atoms with Crippen LogP contribution in [0, 0.1) is 5.92 Å². The van der Waals surface area contributed by atoms with Crippen molar-refractivity contribution >= 4 is 39.0 Å². The Labute approximate surface area is 155 Å². The van der Waals surface area contributed by atoms with Gasteiger partial charge in [-0.1, -0.05) is 23.4 Å². The zero-order chi connectivity index (χ0) is 18.0. The Morgan fingerprint density at radius 3 is 2.68 bits per heavy atom. The van der Waals surface area contributed by atoms with Gasteiger partial charge in [0.05, 0.1) is 17.3 Å². The number of benzene rings is 1. The van der Waals surface area contributed by atoms with Crippen LogP contribution in [-0.2, 0) is 23.3 Å². The minimum absolute atomic E-state index is 0.00639. The maximum Gasteiger partial charge on any atom is 0.191 e. The Morgan fingerprint density at radius 1 is 1.32 bits per heavy atom. The lowest BCUT2D eigenvalue weighted by Gasteiger charge is -2.07. The van der Waals surface area contributed by atoms with Crippen LogP contribution in [0.15, 0.2) is 29.4 Å². The van der Waals surface area contributed by atoms with Gasteiger partial charge in [0.25, 0.3) is 0 Å². The molecule has 0 radical (unpaired) electrons. The zero-order valence-corrected chi connectivity index (χ0v) is 16.1. The van der Waals surface area contributed by atoms with Crippen LogP contribution < -0.4 is 0 Å². The van der Waals surface area contributed by atoms with E-state index in [0.29, 0.717) is 28.6 Å². The molecule has 0 aliphatic carbocycles. The second-order valence-corrected chi connectivity index (χ2v) is 9.76. The Kier molecular flexibility index (Phi) is 5.50. The van der Waals surface area contributed by atoms with E-state index >= 15 is 0 Å². The molecule has 6 nitrogen and oxygen atoms in total. The smallest absolute Gasteiger partial charge is 0.191 e. The Morgan fingerprint density at radius 2 is 2.04 bits per heavy atom. The number of rotatable bonds is 6. The van der Waals surface area contributed by atoms with E-state index in [0.717, 1.165) is 5.82 Å². The van der Waals surface area contributed by atoms with Gasteiger partial charge in [-0.05, 0) is 36.6 Å². The van der Waals surface area contributed by atoms with E-state index in [9.17, 15) is 13.2 Å². The van der Waals surface area contributed by atoms with Crippen molar-refractivity contribution in [1.29, 1.82) is 0 Å². The van der Waals surface area contributed by atoms with Gasteiger partial charge in [0.15, 0.2) is 20.8 Å². The van der Waals surface area contributed by atoms with Crippen molar-refractivity contribution in [2.75, 3.05) is 17.3 Å². The van der Waals surface area contributed by atoms with Crippen molar-refractivity contribution in [3.63, 3.8) is 0 Å². The number of sulfone groups is 1. The number of carbonyl (C=O) groups is 1. The summed E-state index contributed by atoms with van der Waals surface area (Å²) in [4.78, 5) is 12.2. The summed E-state index contributed by atoms with van der Waals surface area (Å²) in [5, 5.41) is 9.53. The molecular formula is C16H18ClN3O3S2. The number of nitrogens with zero attached hydrogens (tertiary/aromatic N) is 3. The number of halogens is 1. The van der Waals surface area contributed by atoms with Crippen molar-refractivity contribution in [3.05, 3.63) is 40.7 Å². The first kappa shape index (κ1) is 18.4. The zero-order valence-electron chi connectivity index (χ0n) is 13.7. The van der Waals surface area contributed by atoms with Gasteiger partial charge in [-0.3, -0.25) is 4.79 Å². The standard InChI is InChI=1S/C16H18ClN3O3S2/c1-20-15(8-11-6-7-25(22,23)10-11)18-19-16(20)24-9-14(21)12-2-4-13(17)5-3-12/h2-5,11H,6-10H2,1H3/t11-/m1/s1. The molecular weight excluding hydrogens is 382 g/mol. The average Bonchev–Trinajstić information content (AvgIpc) is 3.09. The summed E-state index contributed by atoms with van der Waals surface area (Å²) in [5.74, 6) is 1.58. The number of ketones is 1. The maximum atomic E-state index is 12.2. The minimum atomic E-state index is -2.89. The van der Waals surface area contributed by atoms with Crippen molar-refractivity contribution in [3.8, 4) is 0 Å². The van der Waals surface area contributed by atoms with E-state index in [4.69, 9.17) is 11.6 Å². The van der Waals surface area contributed by atoms with Gasteiger partial charge in [0.2, 0.25) is 0 Å². The molecule has 1 aromatic heterocycles. The number of thioether (sulfide) groups is 1.